The zero-order chi connectivity index (χ0) is 18.3. The Balaban J connectivity index is 2.99. The molecule has 0 fully saturated rings. The highest BCUT2D eigenvalue weighted by atomic mass is 32.2. The van der Waals surface area contributed by atoms with E-state index in [1.54, 1.807) is 0 Å². The van der Waals surface area contributed by atoms with Gasteiger partial charge in [0.05, 0.1) is 5.56 Å². The Morgan fingerprint density at radius 2 is 1.96 bits per heavy atom. The van der Waals surface area contributed by atoms with Gasteiger partial charge in [0.15, 0.2) is 5.12 Å². The number of carboxylic acid groups (broad SMARTS) is 1. The predicted octanol–water partition coefficient (Wildman–Crippen LogP) is 1.35. The summed E-state index contributed by atoms with van der Waals surface area (Å²) in [6, 6.07) is 4.04. The largest absolute Gasteiger partial charge is 0.478 e. The van der Waals surface area contributed by atoms with Gasteiger partial charge in [-0.25, -0.2) is 4.79 Å². The lowest BCUT2D eigenvalue weighted by Crippen LogP contribution is -2.26. The van der Waals surface area contributed by atoms with Gasteiger partial charge < -0.3 is 14.8 Å². The molecule has 0 amide bonds. The van der Waals surface area contributed by atoms with Gasteiger partial charge in [0.2, 0.25) is 0 Å². The molecule has 0 saturated heterocycles. The minimum Gasteiger partial charge on any atom is -0.478 e. The molecule has 1 unspecified atom stereocenters. The van der Waals surface area contributed by atoms with Crippen LogP contribution in [0.25, 0.3) is 0 Å². The molecule has 24 heavy (non-hydrogen) atoms. The summed E-state index contributed by atoms with van der Waals surface area (Å²) < 4.78 is 0. The van der Waals surface area contributed by atoms with Gasteiger partial charge in [0.25, 0.3) is 10.2 Å². The SMILES string of the molecule is CC(=O)Sc1ccc(CC(CO[N+](=O)[O-])O[N+](=O)[O-])cc1C(=O)O. The van der Waals surface area contributed by atoms with Crippen LogP contribution in [0.3, 0.4) is 0 Å². The van der Waals surface area contributed by atoms with Crippen molar-refractivity contribution in [3.8, 4) is 0 Å². The van der Waals surface area contributed by atoms with Crippen molar-refractivity contribution in [3.05, 3.63) is 49.6 Å². The summed E-state index contributed by atoms with van der Waals surface area (Å²) >= 11 is 0.733. The molecule has 0 spiro atoms. The fourth-order valence-electron chi connectivity index (χ4n) is 1.77. The molecular formula is C12H12N2O9S. The number of carboxylic acids is 1. The number of benzene rings is 1. The molecule has 0 bridgehead atoms. The van der Waals surface area contributed by atoms with Gasteiger partial charge >= 0.3 is 5.97 Å². The van der Waals surface area contributed by atoms with Crippen molar-refractivity contribution < 1.29 is 34.5 Å². The van der Waals surface area contributed by atoms with Crippen molar-refractivity contribution in [2.24, 2.45) is 0 Å². The maximum absolute atomic E-state index is 11.3. The molecule has 130 valence electrons. The zero-order valence-corrected chi connectivity index (χ0v) is 13.1. The Hall–Kier alpha value is -2.89. The average Bonchev–Trinajstić information content (AvgIpc) is 2.45. The lowest BCUT2D eigenvalue weighted by Gasteiger charge is -2.14. The Bertz CT molecular complexity index is 664. The van der Waals surface area contributed by atoms with Crippen molar-refractivity contribution >= 4 is 22.8 Å². The maximum Gasteiger partial charge on any atom is 0.336 e. The fourth-order valence-corrected chi connectivity index (χ4v) is 2.47. The minimum atomic E-state index is -1.29. The van der Waals surface area contributed by atoms with Gasteiger partial charge in [-0.05, 0) is 17.7 Å². The van der Waals surface area contributed by atoms with E-state index in [2.05, 4.69) is 9.68 Å². The van der Waals surface area contributed by atoms with E-state index < -0.39 is 28.9 Å². The van der Waals surface area contributed by atoms with Crippen LogP contribution in [0, 0.1) is 20.2 Å². The first-order valence-electron chi connectivity index (χ1n) is 6.32. The van der Waals surface area contributed by atoms with E-state index in [0.29, 0.717) is 5.56 Å². The molecule has 0 heterocycles. The first kappa shape index (κ1) is 19.2. The van der Waals surface area contributed by atoms with Gasteiger partial charge in [-0.3, -0.25) is 4.79 Å². The third-order valence-corrected chi connectivity index (χ3v) is 3.46. The molecule has 1 rings (SSSR count). The van der Waals surface area contributed by atoms with E-state index in [1.807, 2.05) is 0 Å². The molecule has 0 radical (unpaired) electrons. The lowest BCUT2D eigenvalue weighted by atomic mass is 10.1. The van der Waals surface area contributed by atoms with Gasteiger partial charge in [0.1, 0.15) is 12.7 Å². The maximum atomic E-state index is 11.3. The van der Waals surface area contributed by atoms with E-state index in [9.17, 15) is 34.9 Å². The Morgan fingerprint density at radius 1 is 1.29 bits per heavy atom. The molecule has 11 nitrogen and oxygen atoms in total. The molecule has 0 aromatic heterocycles. The average molecular weight is 360 g/mol. The van der Waals surface area contributed by atoms with Crippen LogP contribution in [0.4, 0.5) is 0 Å². The highest BCUT2D eigenvalue weighted by Gasteiger charge is 2.19. The fraction of sp³-hybridized carbons (Fsp3) is 0.333. The molecule has 0 saturated carbocycles. The minimum absolute atomic E-state index is 0.164. The second-order valence-electron chi connectivity index (χ2n) is 4.40. The molecule has 0 aliphatic heterocycles. The molecule has 1 aromatic rings. The molecule has 1 atom stereocenters. The number of aromatic carboxylic acids is 1. The lowest BCUT2D eigenvalue weighted by molar-refractivity contribution is -0.789. The van der Waals surface area contributed by atoms with Gasteiger partial charge in [-0.2, -0.15) is 0 Å². The van der Waals surface area contributed by atoms with Crippen molar-refractivity contribution in [1.29, 1.82) is 0 Å². The van der Waals surface area contributed by atoms with Crippen molar-refractivity contribution in [1.82, 2.24) is 0 Å². The third kappa shape index (κ3) is 6.48. The number of carbonyl (C=O) groups is 2. The molecule has 0 aliphatic rings. The topological polar surface area (TPSA) is 159 Å². The zero-order valence-electron chi connectivity index (χ0n) is 12.2. The second kappa shape index (κ2) is 8.67. The van der Waals surface area contributed by atoms with Crippen molar-refractivity contribution in [2.45, 2.75) is 24.3 Å². The quantitative estimate of drug-likeness (QED) is 0.387. The second-order valence-corrected chi connectivity index (χ2v) is 5.62. The Kier molecular flexibility index (Phi) is 6.92. The monoisotopic (exact) mass is 360 g/mol. The van der Waals surface area contributed by atoms with Gasteiger partial charge in [-0.15, -0.1) is 20.2 Å². The number of hydrogen-bond acceptors (Lipinski definition) is 9. The summed E-state index contributed by atoms with van der Waals surface area (Å²) in [5, 5.41) is 27.2. The predicted molar refractivity (Wildman–Crippen MR) is 78.5 cm³/mol. The molecule has 12 heteroatoms. The van der Waals surface area contributed by atoms with E-state index >= 15 is 0 Å². The summed E-state index contributed by atoms with van der Waals surface area (Å²) in [5.74, 6) is -1.28. The highest BCUT2D eigenvalue weighted by Crippen LogP contribution is 2.25. The normalized spacial score (nSPS) is 11.4. The van der Waals surface area contributed by atoms with Crippen LogP contribution in [0.5, 0.6) is 0 Å². The Labute approximate surface area is 138 Å². The third-order valence-electron chi connectivity index (χ3n) is 2.59. The first-order chi connectivity index (χ1) is 11.2. The Morgan fingerprint density at radius 3 is 2.46 bits per heavy atom. The van der Waals surface area contributed by atoms with E-state index in [4.69, 9.17) is 0 Å². The van der Waals surface area contributed by atoms with Crippen LogP contribution in [-0.2, 0) is 20.9 Å². The smallest absolute Gasteiger partial charge is 0.336 e. The van der Waals surface area contributed by atoms with Crippen LogP contribution in [0.1, 0.15) is 22.8 Å². The van der Waals surface area contributed by atoms with Gasteiger partial charge in [0, 0.05) is 18.2 Å². The van der Waals surface area contributed by atoms with Crippen molar-refractivity contribution in [3.63, 3.8) is 0 Å². The highest BCUT2D eigenvalue weighted by molar-refractivity contribution is 8.13. The van der Waals surface area contributed by atoms with E-state index in [1.165, 1.54) is 25.1 Å². The molecular weight excluding hydrogens is 348 g/mol. The van der Waals surface area contributed by atoms with Crippen LogP contribution in [0.2, 0.25) is 0 Å². The van der Waals surface area contributed by atoms with Gasteiger partial charge in [-0.1, -0.05) is 17.8 Å². The number of thioether (sulfide) groups is 1. The van der Waals surface area contributed by atoms with Crippen LogP contribution >= 0.6 is 11.8 Å². The summed E-state index contributed by atoms with van der Waals surface area (Å²) in [5.41, 5.74) is 0.154. The number of carbonyl (C=O) groups excluding carboxylic acids is 1. The first-order valence-corrected chi connectivity index (χ1v) is 7.13. The van der Waals surface area contributed by atoms with Crippen LogP contribution in [0.15, 0.2) is 23.1 Å². The van der Waals surface area contributed by atoms with E-state index in [0.717, 1.165) is 11.8 Å². The van der Waals surface area contributed by atoms with E-state index in [-0.39, 0.29) is 22.0 Å². The molecule has 1 aromatic carbocycles. The number of nitrogens with zero attached hydrogens (tertiary/aromatic N) is 2. The number of hydrogen-bond donors (Lipinski definition) is 1. The summed E-state index contributed by atoms with van der Waals surface area (Å²) in [4.78, 5) is 51.5. The van der Waals surface area contributed by atoms with Crippen LogP contribution < -0.4 is 0 Å². The standard InChI is InChI=1S/C12H12N2O9S/c1-7(15)24-11-3-2-8(5-10(11)12(16)17)4-9(23-14(20)21)6-22-13(18)19/h2-3,5,9H,4,6H2,1H3,(H,16,17). The van der Waals surface area contributed by atoms with Crippen molar-refractivity contribution in [2.75, 3.05) is 6.61 Å². The van der Waals surface area contributed by atoms with Crippen LogP contribution in [-0.4, -0.2) is 39.1 Å². The summed E-state index contributed by atoms with van der Waals surface area (Å²) in [6.45, 7) is 0.584. The molecule has 0 aliphatic carbocycles. The number of rotatable bonds is 9. The summed E-state index contributed by atoms with van der Waals surface area (Å²) in [7, 11) is 0. The molecule has 1 N–H and O–H groups in total. The summed E-state index contributed by atoms with van der Waals surface area (Å²) in [6.07, 6.45) is -1.49.